The Balaban J connectivity index is 1.89. The van der Waals surface area contributed by atoms with Crippen LogP contribution in [0.3, 0.4) is 0 Å². The van der Waals surface area contributed by atoms with Crippen LogP contribution >= 0.6 is 0 Å². The molecule has 1 amide bonds. The van der Waals surface area contributed by atoms with E-state index in [4.69, 9.17) is 14.2 Å². The van der Waals surface area contributed by atoms with Gasteiger partial charge in [0.05, 0.1) is 33.0 Å². The molecule has 2 unspecified atom stereocenters. The Kier molecular flexibility index (Phi) is 3.76. The number of carbonyl (C=O) groups excluding carboxylic acids is 1. The van der Waals surface area contributed by atoms with Crippen molar-refractivity contribution >= 4 is 6.09 Å². The second-order valence-electron chi connectivity index (χ2n) is 5.57. The van der Waals surface area contributed by atoms with E-state index in [2.05, 4.69) is 13.0 Å². The lowest BCUT2D eigenvalue weighted by molar-refractivity contribution is 0.0240. The third-order valence-corrected chi connectivity index (χ3v) is 4.35. The van der Waals surface area contributed by atoms with Crippen molar-refractivity contribution < 1.29 is 19.0 Å². The highest BCUT2D eigenvalue weighted by atomic mass is 16.6. The van der Waals surface area contributed by atoms with E-state index < -0.39 is 0 Å². The lowest BCUT2D eigenvalue weighted by Gasteiger charge is -2.29. The molecule has 2 aliphatic heterocycles. The van der Waals surface area contributed by atoms with E-state index in [-0.39, 0.29) is 18.1 Å². The van der Waals surface area contributed by atoms with E-state index in [1.807, 2.05) is 13.0 Å². The summed E-state index contributed by atoms with van der Waals surface area (Å²) in [6.07, 6.45) is -0.204. The van der Waals surface area contributed by atoms with E-state index in [1.54, 1.807) is 12.0 Å². The zero-order chi connectivity index (χ0) is 15.0. The molecule has 0 aromatic heterocycles. The minimum atomic E-state index is -0.253. The summed E-state index contributed by atoms with van der Waals surface area (Å²) < 4.78 is 16.4. The number of nitrogens with zero attached hydrogens (tertiary/aromatic N) is 1. The Morgan fingerprint density at radius 1 is 1.43 bits per heavy atom. The Labute approximate surface area is 124 Å². The maximum atomic E-state index is 11.9. The number of hydrogen-bond donors (Lipinski definition) is 0. The predicted molar refractivity (Wildman–Crippen MR) is 77.6 cm³/mol. The molecule has 2 atom stereocenters. The third-order valence-electron chi connectivity index (χ3n) is 4.35. The molecule has 2 aliphatic rings. The van der Waals surface area contributed by atoms with Crippen LogP contribution in [0, 0.1) is 6.92 Å². The molecule has 5 nitrogen and oxygen atoms in total. The second kappa shape index (κ2) is 5.56. The molecule has 0 bridgehead atoms. The van der Waals surface area contributed by atoms with Crippen molar-refractivity contribution in [2.75, 3.05) is 26.8 Å². The Morgan fingerprint density at radius 3 is 2.95 bits per heavy atom. The fourth-order valence-corrected chi connectivity index (χ4v) is 3.25. The molecule has 1 aromatic rings. The van der Waals surface area contributed by atoms with E-state index in [0.29, 0.717) is 26.3 Å². The maximum absolute atomic E-state index is 11.9. The van der Waals surface area contributed by atoms with Gasteiger partial charge in [-0.15, -0.1) is 0 Å². The first-order valence-corrected chi connectivity index (χ1v) is 7.34. The molecule has 0 N–H and O–H groups in total. The van der Waals surface area contributed by atoms with Crippen molar-refractivity contribution in [1.82, 2.24) is 4.90 Å². The van der Waals surface area contributed by atoms with Crippen LogP contribution in [-0.2, 0) is 16.1 Å². The monoisotopic (exact) mass is 291 g/mol. The van der Waals surface area contributed by atoms with Crippen LogP contribution in [-0.4, -0.2) is 43.9 Å². The van der Waals surface area contributed by atoms with E-state index in [0.717, 1.165) is 5.75 Å². The fourth-order valence-electron chi connectivity index (χ4n) is 3.25. The number of amides is 1. The molecule has 0 saturated carbocycles. The summed E-state index contributed by atoms with van der Waals surface area (Å²) in [4.78, 5) is 13.7. The van der Waals surface area contributed by atoms with Gasteiger partial charge in [0, 0.05) is 12.5 Å². The molecule has 1 saturated heterocycles. The summed E-state index contributed by atoms with van der Waals surface area (Å²) >= 11 is 0. The average molecular weight is 291 g/mol. The van der Waals surface area contributed by atoms with Gasteiger partial charge in [0.25, 0.3) is 0 Å². The first kappa shape index (κ1) is 14.2. The molecule has 114 valence electrons. The van der Waals surface area contributed by atoms with Gasteiger partial charge in [-0.2, -0.15) is 0 Å². The zero-order valence-electron chi connectivity index (χ0n) is 12.7. The highest BCUT2D eigenvalue weighted by Gasteiger charge is 2.41. The summed E-state index contributed by atoms with van der Waals surface area (Å²) in [5.41, 5.74) is 3.65. The molecule has 1 aromatic carbocycles. The highest BCUT2D eigenvalue weighted by Crippen LogP contribution is 2.39. The molecular formula is C16H21NO4. The minimum Gasteiger partial charge on any atom is -0.497 e. The molecule has 5 heteroatoms. The summed E-state index contributed by atoms with van der Waals surface area (Å²) in [7, 11) is 1.68. The van der Waals surface area contributed by atoms with E-state index >= 15 is 0 Å². The molecule has 0 radical (unpaired) electrons. The SMILES string of the molecule is CCOC(=O)N1CC2OCc3c(C)cc(OC)cc3C2C1. The Morgan fingerprint density at radius 2 is 2.24 bits per heavy atom. The van der Waals surface area contributed by atoms with Gasteiger partial charge in [0.15, 0.2) is 0 Å². The number of hydrogen-bond acceptors (Lipinski definition) is 4. The van der Waals surface area contributed by atoms with Crippen molar-refractivity contribution in [3.8, 4) is 5.75 Å². The van der Waals surface area contributed by atoms with Gasteiger partial charge >= 0.3 is 6.09 Å². The number of carbonyl (C=O) groups is 1. The summed E-state index contributed by atoms with van der Waals surface area (Å²) in [6.45, 7) is 6.13. The summed E-state index contributed by atoms with van der Waals surface area (Å²) in [5.74, 6) is 1.06. The van der Waals surface area contributed by atoms with Crippen LogP contribution in [0.4, 0.5) is 4.79 Å². The quantitative estimate of drug-likeness (QED) is 0.840. The smallest absolute Gasteiger partial charge is 0.409 e. The van der Waals surface area contributed by atoms with Crippen molar-refractivity contribution in [1.29, 1.82) is 0 Å². The highest BCUT2D eigenvalue weighted by molar-refractivity contribution is 5.68. The number of rotatable bonds is 2. The van der Waals surface area contributed by atoms with Crippen molar-refractivity contribution in [3.63, 3.8) is 0 Å². The number of benzene rings is 1. The van der Waals surface area contributed by atoms with Gasteiger partial charge in [-0.1, -0.05) is 0 Å². The molecule has 0 spiro atoms. The zero-order valence-corrected chi connectivity index (χ0v) is 12.7. The van der Waals surface area contributed by atoms with E-state index in [9.17, 15) is 4.79 Å². The first-order chi connectivity index (χ1) is 10.1. The molecule has 1 fully saturated rings. The summed E-state index contributed by atoms with van der Waals surface area (Å²) in [6, 6.07) is 4.11. The van der Waals surface area contributed by atoms with Gasteiger partial charge in [-0.25, -0.2) is 4.79 Å². The number of methoxy groups -OCH3 is 1. The van der Waals surface area contributed by atoms with Gasteiger partial charge in [-0.05, 0) is 42.7 Å². The fraction of sp³-hybridized carbons (Fsp3) is 0.562. The van der Waals surface area contributed by atoms with Crippen molar-refractivity contribution in [2.45, 2.75) is 32.5 Å². The van der Waals surface area contributed by atoms with Gasteiger partial charge in [0.2, 0.25) is 0 Å². The van der Waals surface area contributed by atoms with E-state index in [1.165, 1.54) is 16.7 Å². The predicted octanol–water partition coefficient (Wildman–Crippen LogP) is 2.46. The standard InChI is InChI=1S/C16H21NO4/c1-4-20-16(18)17-7-13-12-6-11(19-3)5-10(2)14(12)9-21-15(13)8-17/h5-6,13,15H,4,7-9H2,1-3H3. The maximum Gasteiger partial charge on any atom is 0.409 e. The van der Waals surface area contributed by atoms with Gasteiger partial charge in [-0.3, -0.25) is 0 Å². The number of fused-ring (bicyclic) bond motifs is 3. The normalized spacial score (nSPS) is 23.5. The lowest BCUT2D eigenvalue weighted by Crippen LogP contribution is -2.30. The van der Waals surface area contributed by atoms with Gasteiger partial charge < -0.3 is 19.1 Å². The third kappa shape index (κ3) is 2.46. The van der Waals surface area contributed by atoms with Crippen molar-refractivity contribution in [3.05, 3.63) is 28.8 Å². The van der Waals surface area contributed by atoms with Crippen LogP contribution in [0.25, 0.3) is 0 Å². The van der Waals surface area contributed by atoms with Crippen LogP contribution < -0.4 is 4.74 Å². The largest absolute Gasteiger partial charge is 0.497 e. The Bertz CT molecular complexity index is 557. The minimum absolute atomic E-state index is 0.0495. The molecule has 3 rings (SSSR count). The first-order valence-electron chi connectivity index (χ1n) is 7.34. The van der Waals surface area contributed by atoms with Crippen LogP contribution in [0.2, 0.25) is 0 Å². The van der Waals surface area contributed by atoms with Crippen LogP contribution in [0.15, 0.2) is 12.1 Å². The number of aryl methyl sites for hydroxylation is 1. The second-order valence-corrected chi connectivity index (χ2v) is 5.57. The van der Waals surface area contributed by atoms with Gasteiger partial charge in [0.1, 0.15) is 5.75 Å². The molecule has 2 heterocycles. The molecular weight excluding hydrogens is 270 g/mol. The summed E-state index contributed by atoms with van der Waals surface area (Å²) in [5, 5.41) is 0. The molecule has 0 aliphatic carbocycles. The van der Waals surface area contributed by atoms with Crippen molar-refractivity contribution in [2.24, 2.45) is 0 Å². The topological polar surface area (TPSA) is 48.0 Å². The molecule has 21 heavy (non-hydrogen) atoms. The number of likely N-dealkylation sites (tertiary alicyclic amines) is 1. The average Bonchev–Trinajstić information content (AvgIpc) is 2.91. The Hall–Kier alpha value is -1.75. The van der Waals surface area contributed by atoms with Crippen LogP contribution in [0.5, 0.6) is 5.75 Å². The van der Waals surface area contributed by atoms with Crippen LogP contribution in [0.1, 0.15) is 29.5 Å². The lowest BCUT2D eigenvalue weighted by atomic mass is 9.87. The number of ether oxygens (including phenoxy) is 3.